The molecule has 0 fully saturated rings. The monoisotopic (exact) mass is 295 g/mol. The number of hydrogen-bond acceptors (Lipinski definition) is 5. The molecule has 0 spiro atoms. The highest BCUT2D eigenvalue weighted by molar-refractivity contribution is 7.80. The summed E-state index contributed by atoms with van der Waals surface area (Å²) in [5.74, 6) is 0.421. The van der Waals surface area contributed by atoms with Crippen molar-refractivity contribution in [1.82, 2.24) is 10.2 Å². The van der Waals surface area contributed by atoms with Gasteiger partial charge in [0.2, 0.25) is 5.91 Å². The Bertz CT molecular complexity index is 530. The van der Waals surface area contributed by atoms with E-state index in [1.54, 1.807) is 4.90 Å². The molecule has 0 atom stereocenters. The van der Waals surface area contributed by atoms with Gasteiger partial charge >= 0.3 is 0 Å². The minimum atomic E-state index is -0.431. The van der Waals surface area contributed by atoms with Crippen molar-refractivity contribution < 1.29 is 4.79 Å². The smallest absolute Gasteiger partial charge is 0.237 e. The van der Waals surface area contributed by atoms with Crippen molar-refractivity contribution in [1.29, 1.82) is 0 Å². The zero-order valence-electron chi connectivity index (χ0n) is 12.3. The fourth-order valence-corrected chi connectivity index (χ4v) is 2.21. The number of amides is 1. The molecule has 1 heterocycles. The summed E-state index contributed by atoms with van der Waals surface area (Å²) >= 11 is 5.11. The maximum atomic E-state index is 11.3. The van der Waals surface area contributed by atoms with Crippen molar-refractivity contribution in [3.8, 4) is 0 Å². The second kappa shape index (κ2) is 6.60. The Morgan fingerprint density at radius 3 is 2.35 bits per heavy atom. The van der Waals surface area contributed by atoms with Crippen LogP contribution in [0.15, 0.2) is 0 Å². The number of nitrogens with two attached hydrogens (primary N) is 2. The third-order valence-electron chi connectivity index (χ3n) is 2.91. The molecule has 1 amide bonds. The standard InChI is InChI=1S/C13H21N5OS/c1-7(2)5-18(6-10(14)19)13-11(12(15)20)8(3)9(4)16-17-13/h7H,5-6H2,1-4H3,(H2,14,19)(H2,15,20). The maximum Gasteiger partial charge on any atom is 0.237 e. The van der Waals surface area contributed by atoms with E-state index in [4.69, 9.17) is 23.7 Å². The average Bonchev–Trinajstić information content (AvgIpc) is 2.29. The summed E-state index contributed by atoms with van der Waals surface area (Å²) in [6.07, 6.45) is 0. The Morgan fingerprint density at radius 1 is 1.30 bits per heavy atom. The lowest BCUT2D eigenvalue weighted by Gasteiger charge is -2.26. The van der Waals surface area contributed by atoms with Gasteiger partial charge in [-0.3, -0.25) is 4.79 Å². The normalized spacial score (nSPS) is 10.7. The third-order valence-corrected chi connectivity index (χ3v) is 3.12. The van der Waals surface area contributed by atoms with Crippen LogP contribution < -0.4 is 16.4 Å². The number of carbonyl (C=O) groups is 1. The molecule has 1 aromatic heterocycles. The Kier molecular flexibility index (Phi) is 5.38. The molecule has 0 saturated heterocycles. The fourth-order valence-electron chi connectivity index (χ4n) is 1.97. The third kappa shape index (κ3) is 3.86. The van der Waals surface area contributed by atoms with Crippen molar-refractivity contribution in [2.24, 2.45) is 17.4 Å². The predicted molar refractivity (Wildman–Crippen MR) is 83.6 cm³/mol. The summed E-state index contributed by atoms with van der Waals surface area (Å²) in [5.41, 5.74) is 13.4. The number of aryl methyl sites for hydroxylation is 1. The second-order valence-electron chi connectivity index (χ2n) is 5.21. The van der Waals surface area contributed by atoms with Gasteiger partial charge in [-0.15, -0.1) is 5.10 Å². The number of hydrogen-bond donors (Lipinski definition) is 2. The number of nitrogens with zero attached hydrogens (tertiary/aromatic N) is 3. The van der Waals surface area contributed by atoms with Crippen molar-refractivity contribution in [2.75, 3.05) is 18.0 Å². The van der Waals surface area contributed by atoms with Crippen LogP contribution in [-0.4, -0.2) is 34.2 Å². The topological polar surface area (TPSA) is 98.1 Å². The second-order valence-corrected chi connectivity index (χ2v) is 5.65. The number of carbonyl (C=O) groups excluding carboxylic acids is 1. The van der Waals surface area contributed by atoms with Gasteiger partial charge in [0.15, 0.2) is 5.82 Å². The first-order chi connectivity index (χ1) is 9.23. The number of aromatic nitrogens is 2. The minimum absolute atomic E-state index is 0.0605. The van der Waals surface area contributed by atoms with Crippen LogP contribution in [0.4, 0.5) is 5.82 Å². The minimum Gasteiger partial charge on any atom is -0.389 e. The van der Waals surface area contributed by atoms with Crippen LogP contribution in [0.2, 0.25) is 0 Å². The summed E-state index contributed by atoms with van der Waals surface area (Å²) in [7, 11) is 0. The number of thiocarbonyl (C=S) groups is 1. The van der Waals surface area contributed by atoms with Gasteiger partial charge in [-0.25, -0.2) is 0 Å². The van der Waals surface area contributed by atoms with E-state index in [-0.39, 0.29) is 11.5 Å². The molecule has 6 nitrogen and oxygen atoms in total. The molecule has 20 heavy (non-hydrogen) atoms. The number of primary amides is 1. The van der Waals surface area contributed by atoms with E-state index in [2.05, 4.69) is 10.2 Å². The van der Waals surface area contributed by atoms with Gasteiger partial charge in [0, 0.05) is 6.54 Å². The van der Waals surface area contributed by atoms with Gasteiger partial charge in [-0.2, -0.15) is 5.10 Å². The van der Waals surface area contributed by atoms with Crippen LogP contribution >= 0.6 is 12.2 Å². The van der Waals surface area contributed by atoms with E-state index in [0.717, 1.165) is 11.3 Å². The zero-order chi connectivity index (χ0) is 15.4. The highest BCUT2D eigenvalue weighted by atomic mass is 32.1. The molecule has 0 bridgehead atoms. The summed E-state index contributed by atoms with van der Waals surface area (Å²) in [6, 6.07) is 0. The quantitative estimate of drug-likeness (QED) is 0.749. The molecular formula is C13H21N5OS. The van der Waals surface area contributed by atoms with Gasteiger partial charge in [-0.1, -0.05) is 26.1 Å². The molecule has 0 radical (unpaired) electrons. The lowest BCUT2D eigenvalue weighted by atomic mass is 10.1. The Hall–Kier alpha value is -1.76. The van der Waals surface area contributed by atoms with Gasteiger partial charge in [-0.05, 0) is 25.3 Å². The number of anilines is 1. The zero-order valence-corrected chi connectivity index (χ0v) is 13.1. The summed E-state index contributed by atoms with van der Waals surface area (Å²) in [4.78, 5) is 13.3. The number of rotatable bonds is 6. The van der Waals surface area contributed by atoms with Crippen molar-refractivity contribution >= 4 is 28.9 Å². The van der Waals surface area contributed by atoms with Crippen LogP contribution in [0.5, 0.6) is 0 Å². The van der Waals surface area contributed by atoms with E-state index in [1.165, 1.54) is 0 Å². The highest BCUT2D eigenvalue weighted by Crippen LogP contribution is 2.22. The first kappa shape index (κ1) is 16.3. The highest BCUT2D eigenvalue weighted by Gasteiger charge is 2.21. The first-order valence-corrected chi connectivity index (χ1v) is 6.81. The molecule has 4 N–H and O–H groups in total. The lowest BCUT2D eigenvalue weighted by Crippen LogP contribution is -2.38. The van der Waals surface area contributed by atoms with E-state index in [9.17, 15) is 4.79 Å². The Balaban J connectivity index is 3.35. The molecule has 7 heteroatoms. The molecule has 1 aromatic rings. The fraction of sp³-hybridized carbons (Fsp3) is 0.538. The molecule has 0 saturated carbocycles. The lowest BCUT2D eigenvalue weighted by molar-refractivity contribution is -0.116. The maximum absolute atomic E-state index is 11.3. The van der Waals surface area contributed by atoms with E-state index in [1.807, 2.05) is 27.7 Å². The van der Waals surface area contributed by atoms with E-state index >= 15 is 0 Å². The van der Waals surface area contributed by atoms with Crippen molar-refractivity contribution in [3.63, 3.8) is 0 Å². The van der Waals surface area contributed by atoms with Crippen LogP contribution in [0.1, 0.15) is 30.7 Å². The summed E-state index contributed by atoms with van der Waals surface area (Å²) in [6.45, 7) is 8.50. The summed E-state index contributed by atoms with van der Waals surface area (Å²) < 4.78 is 0. The first-order valence-electron chi connectivity index (χ1n) is 6.41. The van der Waals surface area contributed by atoms with Crippen molar-refractivity contribution in [3.05, 3.63) is 16.8 Å². The van der Waals surface area contributed by atoms with E-state index in [0.29, 0.717) is 23.8 Å². The molecule has 0 unspecified atom stereocenters. The van der Waals surface area contributed by atoms with Crippen LogP contribution in [0.25, 0.3) is 0 Å². The van der Waals surface area contributed by atoms with Crippen molar-refractivity contribution in [2.45, 2.75) is 27.7 Å². The SMILES string of the molecule is Cc1nnc(N(CC(N)=O)CC(C)C)c(C(N)=S)c1C. The molecular weight excluding hydrogens is 274 g/mol. The Labute approximate surface area is 124 Å². The summed E-state index contributed by atoms with van der Waals surface area (Å²) in [5, 5.41) is 8.27. The molecule has 110 valence electrons. The van der Waals surface area contributed by atoms with Gasteiger partial charge in [0.1, 0.15) is 4.99 Å². The van der Waals surface area contributed by atoms with Crippen LogP contribution in [0.3, 0.4) is 0 Å². The largest absolute Gasteiger partial charge is 0.389 e. The van der Waals surface area contributed by atoms with Crippen LogP contribution in [-0.2, 0) is 4.79 Å². The van der Waals surface area contributed by atoms with E-state index < -0.39 is 5.91 Å². The van der Waals surface area contributed by atoms with Crippen LogP contribution in [0, 0.1) is 19.8 Å². The van der Waals surface area contributed by atoms with Gasteiger partial charge < -0.3 is 16.4 Å². The average molecular weight is 295 g/mol. The molecule has 0 aliphatic heterocycles. The molecule has 0 aliphatic carbocycles. The Morgan fingerprint density at radius 2 is 1.90 bits per heavy atom. The van der Waals surface area contributed by atoms with Gasteiger partial charge in [0.25, 0.3) is 0 Å². The molecule has 1 rings (SSSR count). The van der Waals surface area contributed by atoms with Gasteiger partial charge in [0.05, 0.1) is 17.8 Å². The molecule has 0 aromatic carbocycles. The predicted octanol–water partition coefficient (Wildman–Crippen LogP) is 0.675. The molecule has 0 aliphatic rings.